The molecule has 6 nitrogen and oxygen atoms in total. The van der Waals surface area contributed by atoms with E-state index in [1.165, 1.54) is 6.33 Å². The number of ether oxygens (including phenoxy) is 1. The molecule has 0 saturated heterocycles. The van der Waals surface area contributed by atoms with Gasteiger partial charge in [-0.05, 0) is 32.9 Å². The Hall–Kier alpha value is -2.63. The molecule has 0 fully saturated rings. The molecule has 2 N–H and O–H groups in total. The second-order valence-electron chi connectivity index (χ2n) is 5.85. The first-order chi connectivity index (χ1) is 10.4. The Morgan fingerprint density at radius 1 is 1.18 bits per heavy atom. The molecular formula is C16H20N4O2. The van der Waals surface area contributed by atoms with Crippen molar-refractivity contribution in [3.63, 3.8) is 0 Å². The molecule has 22 heavy (non-hydrogen) atoms. The zero-order valence-corrected chi connectivity index (χ0v) is 13.2. The van der Waals surface area contributed by atoms with Gasteiger partial charge in [-0.25, -0.2) is 9.97 Å². The van der Waals surface area contributed by atoms with Gasteiger partial charge in [-0.1, -0.05) is 6.07 Å². The number of rotatable bonds is 4. The van der Waals surface area contributed by atoms with Gasteiger partial charge in [-0.3, -0.25) is 4.79 Å². The lowest BCUT2D eigenvalue weighted by Gasteiger charge is -2.21. The zero-order valence-electron chi connectivity index (χ0n) is 13.2. The Balaban J connectivity index is 2.14. The quantitative estimate of drug-likeness (QED) is 0.908. The molecule has 0 atom stereocenters. The summed E-state index contributed by atoms with van der Waals surface area (Å²) in [6.07, 6.45) is 1.37. The van der Waals surface area contributed by atoms with Crippen LogP contribution in [0.25, 0.3) is 0 Å². The minimum atomic E-state index is -0.299. The normalized spacial score (nSPS) is 10.9. The fourth-order valence-corrected chi connectivity index (χ4v) is 1.83. The van der Waals surface area contributed by atoms with E-state index in [1.807, 2.05) is 26.8 Å². The zero-order chi connectivity index (χ0) is 16.2. The van der Waals surface area contributed by atoms with E-state index >= 15 is 0 Å². The van der Waals surface area contributed by atoms with Crippen molar-refractivity contribution in [3.05, 3.63) is 42.4 Å². The smallest absolute Gasteiger partial charge is 0.274 e. The largest absolute Gasteiger partial charge is 0.497 e. The van der Waals surface area contributed by atoms with Crippen LogP contribution in [0.4, 0.5) is 11.5 Å². The Labute approximate surface area is 129 Å². The maximum atomic E-state index is 12.3. The topological polar surface area (TPSA) is 76.1 Å². The summed E-state index contributed by atoms with van der Waals surface area (Å²) in [5.74, 6) is 0.987. The Kier molecular flexibility index (Phi) is 4.60. The molecule has 2 rings (SSSR count). The maximum absolute atomic E-state index is 12.3. The summed E-state index contributed by atoms with van der Waals surface area (Å²) < 4.78 is 5.13. The molecule has 0 unspecified atom stereocenters. The van der Waals surface area contributed by atoms with E-state index in [9.17, 15) is 4.79 Å². The van der Waals surface area contributed by atoms with Crippen LogP contribution in [0.15, 0.2) is 36.7 Å². The number of methoxy groups -OCH3 is 1. The minimum absolute atomic E-state index is 0.144. The number of amides is 1. The van der Waals surface area contributed by atoms with Gasteiger partial charge in [-0.2, -0.15) is 0 Å². The minimum Gasteiger partial charge on any atom is -0.497 e. The van der Waals surface area contributed by atoms with E-state index < -0.39 is 0 Å². The van der Waals surface area contributed by atoms with Crippen molar-refractivity contribution < 1.29 is 9.53 Å². The summed E-state index contributed by atoms with van der Waals surface area (Å²) in [6, 6.07) is 8.77. The van der Waals surface area contributed by atoms with E-state index in [4.69, 9.17) is 4.74 Å². The number of anilines is 2. The number of aromatic nitrogens is 2. The van der Waals surface area contributed by atoms with Crippen LogP contribution >= 0.6 is 0 Å². The first-order valence-electron chi connectivity index (χ1n) is 6.93. The summed E-state index contributed by atoms with van der Waals surface area (Å²) in [5, 5.41) is 5.99. The van der Waals surface area contributed by atoms with Gasteiger partial charge in [0.2, 0.25) is 0 Å². The predicted octanol–water partition coefficient (Wildman–Crippen LogP) is 2.95. The van der Waals surface area contributed by atoms with Crippen LogP contribution < -0.4 is 15.4 Å². The first kappa shape index (κ1) is 15.8. The first-order valence-corrected chi connectivity index (χ1v) is 6.93. The standard InChI is InChI=1S/C16H20N4O2/c1-16(2,3)20-14-9-13(17-10-18-14)15(21)19-11-6-5-7-12(8-11)22-4/h5-10H,1-4H3,(H,19,21)(H,17,18,20). The highest BCUT2D eigenvalue weighted by Crippen LogP contribution is 2.18. The molecule has 0 aliphatic heterocycles. The molecule has 0 spiro atoms. The molecule has 0 aliphatic rings. The third-order valence-corrected chi connectivity index (χ3v) is 2.73. The molecule has 0 bridgehead atoms. The van der Waals surface area contributed by atoms with Gasteiger partial charge < -0.3 is 15.4 Å². The molecule has 0 aliphatic carbocycles. The van der Waals surface area contributed by atoms with Crippen molar-refractivity contribution >= 4 is 17.4 Å². The second kappa shape index (κ2) is 6.43. The monoisotopic (exact) mass is 300 g/mol. The third kappa shape index (κ3) is 4.44. The molecule has 2 aromatic rings. The van der Waals surface area contributed by atoms with E-state index in [-0.39, 0.29) is 11.4 Å². The van der Waals surface area contributed by atoms with E-state index in [2.05, 4.69) is 20.6 Å². The Bertz CT molecular complexity index is 665. The molecule has 116 valence electrons. The fraction of sp³-hybridized carbons (Fsp3) is 0.312. The SMILES string of the molecule is COc1cccc(NC(=O)c2cc(NC(C)(C)C)ncn2)c1. The van der Waals surface area contributed by atoms with Gasteiger partial charge in [0.25, 0.3) is 5.91 Å². The molecule has 1 amide bonds. The van der Waals surface area contributed by atoms with Gasteiger partial charge in [0.05, 0.1) is 7.11 Å². The van der Waals surface area contributed by atoms with Crippen molar-refractivity contribution in [1.29, 1.82) is 0 Å². The Morgan fingerprint density at radius 3 is 2.64 bits per heavy atom. The molecule has 1 heterocycles. The molecule has 6 heteroatoms. The number of nitrogens with zero attached hydrogens (tertiary/aromatic N) is 2. The maximum Gasteiger partial charge on any atom is 0.274 e. The summed E-state index contributed by atoms with van der Waals surface area (Å²) in [7, 11) is 1.58. The molecular weight excluding hydrogens is 280 g/mol. The lowest BCUT2D eigenvalue weighted by atomic mass is 10.1. The highest BCUT2D eigenvalue weighted by atomic mass is 16.5. The molecule has 0 radical (unpaired) electrons. The van der Waals surface area contributed by atoms with Gasteiger partial charge >= 0.3 is 0 Å². The van der Waals surface area contributed by atoms with Crippen LogP contribution in [0, 0.1) is 0 Å². The number of hydrogen-bond donors (Lipinski definition) is 2. The average molecular weight is 300 g/mol. The number of benzene rings is 1. The number of carbonyl (C=O) groups is 1. The number of carbonyl (C=O) groups excluding carboxylic acids is 1. The summed E-state index contributed by atoms with van der Waals surface area (Å²) in [6.45, 7) is 6.06. The van der Waals surface area contributed by atoms with Crippen molar-refractivity contribution in [1.82, 2.24) is 9.97 Å². The lowest BCUT2D eigenvalue weighted by Crippen LogP contribution is -2.27. The van der Waals surface area contributed by atoms with Crippen molar-refractivity contribution in [2.24, 2.45) is 0 Å². The van der Waals surface area contributed by atoms with Gasteiger partial charge in [0, 0.05) is 23.4 Å². The Morgan fingerprint density at radius 2 is 1.95 bits per heavy atom. The van der Waals surface area contributed by atoms with Crippen molar-refractivity contribution in [2.75, 3.05) is 17.7 Å². The van der Waals surface area contributed by atoms with E-state index in [0.717, 1.165) is 0 Å². The number of hydrogen-bond acceptors (Lipinski definition) is 5. The van der Waals surface area contributed by atoms with Crippen LogP contribution in [-0.2, 0) is 0 Å². The predicted molar refractivity (Wildman–Crippen MR) is 86.4 cm³/mol. The molecule has 1 aromatic heterocycles. The van der Waals surface area contributed by atoms with E-state index in [1.54, 1.807) is 31.4 Å². The van der Waals surface area contributed by atoms with Crippen LogP contribution in [0.2, 0.25) is 0 Å². The van der Waals surface area contributed by atoms with Crippen LogP contribution in [-0.4, -0.2) is 28.5 Å². The lowest BCUT2D eigenvalue weighted by molar-refractivity contribution is 0.102. The number of nitrogens with one attached hydrogen (secondary N) is 2. The second-order valence-corrected chi connectivity index (χ2v) is 5.85. The van der Waals surface area contributed by atoms with Crippen LogP contribution in [0.1, 0.15) is 31.3 Å². The van der Waals surface area contributed by atoms with Crippen LogP contribution in [0.5, 0.6) is 5.75 Å². The average Bonchev–Trinajstić information content (AvgIpc) is 2.46. The van der Waals surface area contributed by atoms with Gasteiger partial charge in [0.1, 0.15) is 23.6 Å². The summed E-state index contributed by atoms with van der Waals surface area (Å²) in [4.78, 5) is 20.4. The highest BCUT2D eigenvalue weighted by molar-refractivity contribution is 6.03. The molecule has 0 saturated carbocycles. The summed E-state index contributed by atoms with van der Waals surface area (Å²) >= 11 is 0. The van der Waals surface area contributed by atoms with Gasteiger partial charge in [-0.15, -0.1) is 0 Å². The van der Waals surface area contributed by atoms with E-state index in [0.29, 0.717) is 22.9 Å². The summed E-state index contributed by atoms with van der Waals surface area (Å²) in [5.41, 5.74) is 0.799. The van der Waals surface area contributed by atoms with Crippen molar-refractivity contribution in [2.45, 2.75) is 26.3 Å². The van der Waals surface area contributed by atoms with Crippen LogP contribution in [0.3, 0.4) is 0 Å². The molecule has 1 aromatic carbocycles. The third-order valence-electron chi connectivity index (χ3n) is 2.73. The highest BCUT2D eigenvalue weighted by Gasteiger charge is 2.13. The van der Waals surface area contributed by atoms with Crippen molar-refractivity contribution in [3.8, 4) is 5.75 Å². The fourth-order valence-electron chi connectivity index (χ4n) is 1.83. The van der Waals surface area contributed by atoms with Gasteiger partial charge in [0.15, 0.2) is 0 Å².